The zero-order valence-corrected chi connectivity index (χ0v) is 13.9. The summed E-state index contributed by atoms with van der Waals surface area (Å²) in [6, 6.07) is 21.7. The van der Waals surface area contributed by atoms with Crippen LogP contribution >= 0.6 is 11.3 Å². The molecule has 0 radical (unpaired) electrons. The number of thiazole rings is 1. The van der Waals surface area contributed by atoms with Crippen LogP contribution in [0.5, 0.6) is 0 Å². The molecule has 4 aromatic rings. The molecule has 0 amide bonds. The van der Waals surface area contributed by atoms with Crippen molar-refractivity contribution in [2.45, 2.75) is 0 Å². The van der Waals surface area contributed by atoms with Crippen molar-refractivity contribution < 1.29 is 0 Å². The molecule has 2 heterocycles. The molecule has 3 N–H and O–H groups in total. The predicted octanol–water partition coefficient (Wildman–Crippen LogP) is 4.56. The number of fused-ring (bicyclic) bond motifs is 1. The van der Waals surface area contributed by atoms with E-state index in [1.165, 1.54) is 11.3 Å². The van der Waals surface area contributed by atoms with E-state index in [1.54, 1.807) is 0 Å². The van der Waals surface area contributed by atoms with Gasteiger partial charge in [0.05, 0.1) is 4.70 Å². The van der Waals surface area contributed by atoms with E-state index in [0.717, 1.165) is 21.5 Å². The quantitative estimate of drug-likeness (QED) is 0.569. The van der Waals surface area contributed by atoms with Crippen LogP contribution in [0.1, 0.15) is 5.56 Å². The van der Waals surface area contributed by atoms with Crippen molar-refractivity contribution in [3.63, 3.8) is 0 Å². The lowest BCUT2D eigenvalue weighted by Gasteiger charge is -2.07. The topological polar surface area (TPSA) is 87.6 Å². The first-order valence-electron chi connectivity index (χ1n) is 7.64. The van der Waals surface area contributed by atoms with Crippen molar-refractivity contribution in [2.75, 3.05) is 11.1 Å². The molecule has 0 bridgehead atoms. The number of pyridine rings is 1. The molecule has 0 unspecified atom stereocenters. The van der Waals surface area contributed by atoms with Crippen LogP contribution < -0.4 is 11.1 Å². The molecule has 0 spiro atoms. The molecule has 0 aliphatic heterocycles. The van der Waals surface area contributed by atoms with E-state index in [1.807, 2.05) is 60.7 Å². The molecule has 4 rings (SSSR count). The number of hydrogen-bond donors (Lipinski definition) is 2. The molecule has 2 aromatic heterocycles. The Morgan fingerprint density at radius 2 is 1.64 bits per heavy atom. The highest BCUT2D eigenvalue weighted by atomic mass is 32.1. The van der Waals surface area contributed by atoms with Gasteiger partial charge >= 0.3 is 0 Å². The Balaban J connectivity index is 1.91. The first-order valence-corrected chi connectivity index (χ1v) is 8.45. The second kappa shape index (κ2) is 6.23. The van der Waals surface area contributed by atoms with E-state index in [4.69, 9.17) is 5.73 Å². The van der Waals surface area contributed by atoms with Crippen molar-refractivity contribution >= 4 is 38.3 Å². The van der Waals surface area contributed by atoms with E-state index >= 15 is 0 Å². The second-order valence-corrected chi connectivity index (χ2v) is 6.39. The van der Waals surface area contributed by atoms with Crippen molar-refractivity contribution in [3.8, 4) is 17.2 Å². The Morgan fingerprint density at radius 1 is 0.960 bits per heavy atom. The van der Waals surface area contributed by atoms with Crippen molar-refractivity contribution in [3.05, 3.63) is 66.2 Å². The summed E-state index contributed by atoms with van der Waals surface area (Å²) in [5.41, 5.74) is 9.58. The van der Waals surface area contributed by atoms with Gasteiger partial charge in [-0.25, -0.2) is 4.98 Å². The highest BCUT2D eigenvalue weighted by Gasteiger charge is 2.18. The standard InChI is InChI=1S/C19H13N5S/c20-11-14-15(12-7-3-1-4-8-12)16-18(23-17(14)21)24-19(25-16)22-13-9-5-2-6-10-13/h1-10H,(H3,21,22,23,24). The van der Waals surface area contributed by atoms with E-state index in [-0.39, 0.29) is 5.82 Å². The Hall–Kier alpha value is -3.43. The van der Waals surface area contributed by atoms with Gasteiger partial charge in [-0.3, -0.25) is 0 Å². The van der Waals surface area contributed by atoms with Gasteiger partial charge < -0.3 is 11.1 Å². The molecule has 0 fully saturated rings. The number of aromatic nitrogens is 2. The zero-order valence-electron chi connectivity index (χ0n) is 13.1. The molecule has 120 valence electrons. The average molecular weight is 343 g/mol. The molecule has 25 heavy (non-hydrogen) atoms. The fourth-order valence-corrected chi connectivity index (χ4v) is 3.65. The Kier molecular flexibility index (Phi) is 3.77. The molecule has 5 nitrogen and oxygen atoms in total. The van der Waals surface area contributed by atoms with Gasteiger partial charge in [-0.2, -0.15) is 10.2 Å². The summed E-state index contributed by atoms with van der Waals surface area (Å²) in [6.07, 6.45) is 0. The smallest absolute Gasteiger partial charge is 0.189 e. The van der Waals surface area contributed by atoms with Crippen molar-refractivity contribution in [1.82, 2.24) is 9.97 Å². The summed E-state index contributed by atoms with van der Waals surface area (Å²) in [5, 5.41) is 13.5. The fraction of sp³-hybridized carbons (Fsp3) is 0. The largest absolute Gasteiger partial charge is 0.383 e. The zero-order chi connectivity index (χ0) is 17.2. The second-order valence-electron chi connectivity index (χ2n) is 5.39. The predicted molar refractivity (Wildman–Crippen MR) is 102 cm³/mol. The van der Waals surface area contributed by atoms with E-state index < -0.39 is 0 Å². The maximum absolute atomic E-state index is 9.56. The van der Waals surface area contributed by atoms with Crippen LogP contribution in [0.3, 0.4) is 0 Å². The average Bonchev–Trinajstić information content (AvgIpc) is 3.03. The van der Waals surface area contributed by atoms with Gasteiger partial charge in [-0.15, -0.1) is 0 Å². The minimum absolute atomic E-state index is 0.199. The van der Waals surface area contributed by atoms with Crippen molar-refractivity contribution in [2.24, 2.45) is 0 Å². The van der Waals surface area contributed by atoms with E-state index in [2.05, 4.69) is 21.4 Å². The number of benzene rings is 2. The van der Waals surface area contributed by atoms with Gasteiger partial charge in [-0.1, -0.05) is 59.9 Å². The number of nitrogens with two attached hydrogens (primary N) is 1. The highest BCUT2D eigenvalue weighted by Crippen LogP contribution is 2.39. The van der Waals surface area contributed by atoms with E-state index in [9.17, 15) is 5.26 Å². The summed E-state index contributed by atoms with van der Waals surface area (Å²) >= 11 is 1.46. The molecule has 0 saturated carbocycles. The summed E-state index contributed by atoms with van der Waals surface area (Å²) in [5.74, 6) is 0.199. The van der Waals surface area contributed by atoms with Crippen LogP contribution in [0.15, 0.2) is 60.7 Å². The number of nitrogens with one attached hydrogen (secondary N) is 1. The lowest BCUT2D eigenvalue weighted by molar-refractivity contribution is 1.31. The first kappa shape index (κ1) is 15.1. The van der Waals surface area contributed by atoms with Crippen LogP contribution in [0.25, 0.3) is 21.5 Å². The maximum Gasteiger partial charge on any atom is 0.189 e. The highest BCUT2D eigenvalue weighted by molar-refractivity contribution is 7.22. The van der Waals surface area contributed by atoms with Crippen LogP contribution in [0.4, 0.5) is 16.6 Å². The number of nitrogens with zero attached hydrogens (tertiary/aromatic N) is 3. The van der Waals surface area contributed by atoms with Gasteiger partial charge in [-0.05, 0) is 17.7 Å². The number of para-hydroxylation sites is 1. The normalized spacial score (nSPS) is 10.5. The Bertz CT molecular complexity index is 1080. The molecular weight excluding hydrogens is 330 g/mol. The molecule has 0 aliphatic carbocycles. The third-order valence-corrected chi connectivity index (χ3v) is 4.75. The third kappa shape index (κ3) is 2.77. The number of nitrogen functional groups attached to an aromatic ring is 1. The number of anilines is 3. The summed E-state index contributed by atoms with van der Waals surface area (Å²) < 4.78 is 0.843. The maximum atomic E-state index is 9.56. The molecule has 0 saturated heterocycles. The van der Waals surface area contributed by atoms with Crippen LogP contribution in [0.2, 0.25) is 0 Å². The molecule has 0 aliphatic rings. The van der Waals surface area contributed by atoms with E-state index in [0.29, 0.717) is 16.3 Å². The monoisotopic (exact) mass is 343 g/mol. The van der Waals surface area contributed by atoms with Gasteiger partial charge in [0.2, 0.25) is 0 Å². The van der Waals surface area contributed by atoms with Crippen molar-refractivity contribution in [1.29, 1.82) is 5.26 Å². The fourth-order valence-electron chi connectivity index (χ4n) is 2.65. The first-order chi connectivity index (χ1) is 12.3. The van der Waals surface area contributed by atoms with Crippen LogP contribution in [-0.4, -0.2) is 9.97 Å². The number of rotatable bonds is 3. The summed E-state index contributed by atoms with van der Waals surface area (Å²) in [4.78, 5) is 8.85. The number of nitriles is 1. The van der Waals surface area contributed by atoms with Gasteiger partial charge in [0.25, 0.3) is 0 Å². The molecular formula is C19H13N5S. The SMILES string of the molecule is N#Cc1c(N)nc2nc(Nc3ccccc3)sc2c1-c1ccccc1. The van der Waals surface area contributed by atoms with Crippen LogP contribution in [0, 0.1) is 11.3 Å². The van der Waals surface area contributed by atoms with Gasteiger partial charge in [0.1, 0.15) is 17.5 Å². The lowest BCUT2D eigenvalue weighted by Crippen LogP contribution is -1.98. The van der Waals surface area contributed by atoms with Gasteiger partial charge in [0, 0.05) is 11.3 Å². The molecule has 6 heteroatoms. The Labute approximate surface area is 148 Å². The minimum Gasteiger partial charge on any atom is -0.383 e. The molecule has 0 atom stereocenters. The van der Waals surface area contributed by atoms with Gasteiger partial charge in [0.15, 0.2) is 10.8 Å². The summed E-state index contributed by atoms with van der Waals surface area (Å²) in [6.45, 7) is 0. The van der Waals surface area contributed by atoms with Crippen LogP contribution in [-0.2, 0) is 0 Å². The summed E-state index contributed by atoms with van der Waals surface area (Å²) in [7, 11) is 0. The Morgan fingerprint density at radius 3 is 2.32 bits per heavy atom. The third-order valence-electron chi connectivity index (χ3n) is 3.77. The number of hydrogen-bond acceptors (Lipinski definition) is 6. The lowest BCUT2D eigenvalue weighted by atomic mass is 10.0. The molecule has 2 aromatic carbocycles. The minimum atomic E-state index is 0.199.